The lowest BCUT2D eigenvalue weighted by atomic mass is 10.0. The third-order valence-electron chi connectivity index (χ3n) is 7.39. The number of hydrogen-bond acceptors (Lipinski definition) is 8. The number of aromatic nitrogens is 3. The Morgan fingerprint density at radius 3 is 2.51 bits per heavy atom. The monoisotopic (exact) mass is 577 g/mol. The molecule has 4 aromatic rings. The van der Waals surface area contributed by atoms with E-state index in [9.17, 15) is 9.18 Å². The fourth-order valence-corrected chi connectivity index (χ4v) is 5.20. The number of aryl methyl sites for hydroxylation is 2. The Balaban J connectivity index is 1.32. The lowest BCUT2D eigenvalue weighted by molar-refractivity contribution is 0.1000. The minimum Gasteiger partial charge on any atom is -0.438 e. The van der Waals surface area contributed by atoms with Gasteiger partial charge in [0, 0.05) is 55.8 Å². The first-order valence-corrected chi connectivity index (χ1v) is 14.0. The van der Waals surface area contributed by atoms with Gasteiger partial charge in [0.2, 0.25) is 23.7 Å². The molecule has 3 N–H and O–H groups in total. The number of rotatable bonds is 9. The van der Waals surface area contributed by atoms with Crippen LogP contribution >= 0.6 is 0 Å². The fourth-order valence-electron chi connectivity index (χ4n) is 5.20. The van der Waals surface area contributed by atoms with E-state index in [0.717, 1.165) is 54.7 Å². The minimum atomic E-state index is -0.609. The number of primary amides is 1. The quantitative estimate of drug-likeness (QED) is 0.189. The van der Waals surface area contributed by atoms with Gasteiger partial charge in [-0.1, -0.05) is 12.1 Å². The second-order valence-electron chi connectivity index (χ2n) is 10.6. The number of carbonyl (C=O) groups is 1. The smallest absolute Gasteiger partial charge is 0.248 e. The topological polar surface area (TPSA) is 130 Å². The summed E-state index contributed by atoms with van der Waals surface area (Å²) in [6.07, 6.45) is 8.00. The molecule has 0 radical (unpaired) electrons. The van der Waals surface area contributed by atoms with E-state index in [1.165, 1.54) is 18.3 Å². The van der Waals surface area contributed by atoms with Gasteiger partial charge in [0.1, 0.15) is 5.75 Å². The first-order chi connectivity index (χ1) is 20.8. The van der Waals surface area contributed by atoms with Crippen molar-refractivity contribution in [2.45, 2.75) is 39.3 Å². The Morgan fingerprint density at radius 1 is 1.14 bits per heavy atom. The van der Waals surface area contributed by atoms with E-state index in [0.29, 0.717) is 34.3 Å². The van der Waals surface area contributed by atoms with Gasteiger partial charge in [0.25, 0.3) is 0 Å². The second kappa shape index (κ2) is 13.2. The van der Waals surface area contributed by atoms with Gasteiger partial charge in [-0.05, 0) is 90.9 Å². The Kier molecular flexibility index (Phi) is 9.03. The predicted molar refractivity (Wildman–Crippen MR) is 163 cm³/mol. The van der Waals surface area contributed by atoms with E-state index in [1.54, 1.807) is 30.5 Å². The van der Waals surface area contributed by atoms with Crippen molar-refractivity contribution < 1.29 is 13.9 Å². The molecule has 1 aliphatic heterocycles. The molecule has 1 fully saturated rings. The number of ether oxygens (including phenoxy) is 1. The molecule has 1 saturated heterocycles. The Hall–Kier alpha value is -5.14. The van der Waals surface area contributed by atoms with Crippen LogP contribution in [0.1, 0.15) is 45.5 Å². The summed E-state index contributed by atoms with van der Waals surface area (Å²) in [7, 11) is 0. The normalized spacial score (nSPS) is 14.0. The number of nitriles is 1. The van der Waals surface area contributed by atoms with Gasteiger partial charge >= 0.3 is 0 Å². The number of benzene rings is 2. The number of allylic oxidation sites excluding steroid dienone is 1. The zero-order valence-corrected chi connectivity index (χ0v) is 24.0. The van der Waals surface area contributed by atoms with E-state index < -0.39 is 11.9 Å². The van der Waals surface area contributed by atoms with Crippen LogP contribution in [-0.2, 0) is 6.54 Å². The molecule has 9 nitrogen and oxygen atoms in total. The summed E-state index contributed by atoms with van der Waals surface area (Å²) in [5, 5.41) is 12.3. The molecule has 218 valence electrons. The van der Waals surface area contributed by atoms with Crippen LogP contribution in [0.3, 0.4) is 0 Å². The second-order valence-corrected chi connectivity index (χ2v) is 10.6. The third kappa shape index (κ3) is 7.39. The summed E-state index contributed by atoms with van der Waals surface area (Å²) in [5.41, 5.74) is 10.7. The molecule has 0 unspecified atom stereocenters. The van der Waals surface area contributed by atoms with Crippen LogP contribution in [0.5, 0.6) is 11.6 Å². The molecule has 0 aliphatic carbocycles. The van der Waals surface area contributed by atoms with Crippen LogP contribution in [0.2, 0.25) is 0 Å². The van der Waals surface area contributed by atoms with E-state index in [-0.39, 0.29) is 6.04 Å². The van der Waals surface area contributed by atoms with E-state index in [2.05, 4.69) is 20.2 Å². The van der Waals surface area contributed by atoms with Gasteiger partial charge in [-0.15, -0.1) is 0 Å². The van der Waals surface area contributed by atoms with Gasteiger partial charge in [-0.25, -0.2) is 9.97 Å². The van der Waals surface area contributed by atoms with Gasteiger partial charge in [-0.2, -0.15) is 14.6 Å². The predicted octanol–water partition coefficient (Wildman–Crippen LogP) is 5.80. The van der Waals surface area contributed by atoms with Gasteiger partial charge in [0.15, 0.2) is 0 Å². The van der Waals surface area contributed by atoms with E-state index >= 15 is 0 Å². The highest BCUT2D eigenvalue weighted by Gasteiger charge is 2.22. The van der Waals surface area contributed by atoms with Gasteiger partial charge in [-0.3, -0.25) is 9.69 Å². The van der Waals surface area contributed by atoms with Crippen LogP contribution in [0.4, 0.5) is 10.3 Å². The molecule has 3 heterocycles. The standard InChI is InChI=1S/C33H32FN7O2/c1-21-16-24(4-3-12-35)17-22(2)30(21)43-32-28(26-9-13-37-29(34)18-26)19-38-33(40-32)39-27-10-14-41(15-11-27)20-23-5-7-25(8-6-23)31(36)42/h3-9,13,16-19,27H,10-11,14-15,20H2,1-2H3,(H2,36,42)(H,38,39,40). The number of hydrogen-bond donors (Lipinski definition) is 2. The third-order valence-corrected chi connectivity index (χ3v) is 7.39. The Labute approximate surface area is 249 Å². The number of piperidine rings is 1. The molecule has 0 atom stereocenters. The molecule has 10 heteroatoms. The molecule has 0 spiro atoms. The average molecular weight is 578 g/mol. The molecule has 1 amide bonds. The van der Waals surface area contributed by atoms with E-state index in [1.807, 2.05) is 44.2 Å². The number of amides is 1. The number of nitrogens with one attached hydrogen (secondary N) is 1. The van der Waals surface area contributed by atoms with Crippen molar-refractivity contribution in [1.82, 2.24) is 19.9 Å². The highest BCUT2D eigenvalue weighted by Crippen LogP contribution is 2.36. The number of halogens is 1. The van der Waals surface area contributed by atoms with Crippen LogP contribution in [0.25, 0.3) is 17.2 Å². The number of pyridine rings is 1. The number of carbonyl (C=O) groups excluding carboxylic acids is 1. The summed E-state index contributed by atoms with van der Waals surface area (Å²) >= 11 is 0. The van der Waals surface area contributed by atoms with Crippen molar-refractivity contribution in [3.8, 4) is 28.8 Å². The molecule has 2 aromatic carbocycles. The summed E-state index contributed by atoms with van der Waals surface area (Å²) in [6, 6.07) is 16.5. The zero-order valence-electron chi connectivity index (χ0n) is 24.0. The molecule has 1 aliphatic rings. The summed E-state index contributed by atoms with van der Waals surface area (Å²) in [5.74, 6) is 0.320. The maximum atomic E-state index is 14.0. The lowest BCUT2D eigenvalue weighted by Crippen LogP contribution is -2.39. The highest BCUT2D eigenvalue weighted by molar-refractivity contribution is 5.92. The molecule has 43 heavy (non-hydrogen) atoms. The number of nitrogens with zero attached hydrogens (tertiary/aromatic N) is 5. The number of nitrogens with two attached hydrogens (primary N) is 1. The van der Waals surface area contributed by atoms with Gasteiger partial charge in [0.05, 0.1) is 11.6 Å². The van der Waals surface area contributed by atoms with Gasteiger partial charge < -0.3 is 15.8 Å². The van der Waals surface area contributed by atoms with Crippen molar-refractivity contribution >= 4 is 17.9 Å². The minimum absolute atomic E-state index is 0.167. The molecular weight excluding hydrogens is 545 g/mol. The summed E-state index contributed by atoms with van der Waals surface area (Å²) < 4.78 is 20.4. The molecule has 0 saturated carbocycles. The van der Waals surface area contributed by atoms with E-state index in [4.69, 9.17) is 20.7 Å². The van der Waals surface area contributed by atoms with Crippen molar-refractivity contribution in [3.05, 3.63) is 101 Å². The first-order valence-electron chi connectivity index (χ1n) is 14.0. The van der Waals surface area contributed by atoms with Crippen LogP contribution in [0.15, 0.2) is 67.0 Å². The van der Waals surface area contributed by atoms with Crippen molar-refractivity contribution in [3.63, 3.8) is 0 Å². The summed E-state index contributed by atoms with van der Waals surface area (Å²) in [6.45, 7) is 6.42. The van der Waals surface area contributed by atoms with Crippen LogP contribution < -0.4 is 15.8 Å². The SMILES string of the molecule is Cc1cc(C=CC#N)cc(C)c1Oc1nc(NC2CCN(Cc3ccc(C(N)=O)cc3)CC2)ncc1-c1ccnc(F)c1. The number of likely N-dealkylation sites (tertiary alicyclic amines) is 1. The fraction of sp³-hybridized carbons (Fsp3) is 0.242. The molecule has 5 rings (SSSR count). The van der Waals surface area contributed by atoms with Crippen molar-refractivity contribution in [2.24, 2.45) is 5.73 Å². The highest BCUT2D eigenvalue weighted by atomic mass is 19.1. The summed E-state index contributed by atoms with van der Waals surface area (Å²) in [4.78, 5) is 26.7. The number of anilines is 1. The lowest BCUT2D eigenvalue weighted by Gasteiger charge is -2.32. The molecule has 0 bridgehead atoms. The maximum Gasteiger partial charge on any atom is 0.248 e. The first kappa shape index (κ1) is 29.4. The van der Waals surface area contributed by atoms with Crippen LogP contribution in [-0.4, -0.2) is 44.9 Å². The Bertz CT molecular complexity index is 1670. The van der Waals surface area contributed by atoms with Crippen molar-refractivity contribution in [2.75, 3.05) is 18.4 Å². The van der Waals surface area contributed by atoms with Crippen LogP contribution in [0, 0.1) is 31.1 Å². The van der Waals surface area contributed by atoms with Crippen molar-refractivity contribution in [1.29, 1.82) is 5.26 Å². The molecule has 2 aromatic heterocycles. The maximum absolute atomic E-state index is 14.0. The largest absolute Gasteiger partial charge is 0.438 e. The molecular formula is C33H32FN7O2. The Morgan fingerprint density at radius 2 is 1.86 bits per heavy atom. The zero-order chi connectivity index (χ0) is 30.3. The average Bonchev–Trinajstić information content (AvgIpc) is 2.99.